The third kappa shape index (κ3) is 4.25. The molecular weight excluding hydrogens is 279 g/mol. The smallest absolute Gasteiger partial charge is 0.406 e. The van der Waals surface area contributed by atoms with Crippen LogP contribution in [0.3, 0.4) is 0 Å². The largest absolute Gasteiger partial charge is 0.477 e. The molecule has 0 saturated carbocycles. The van der Waals surface area contributed by atoms with Crippen molar-refractivity contribution in [2.45, 2.75) is 25.9 Å². The molecule has 1 heterocycles. The molecule has 1 aromatic heterocycles. The first-order valence-electron chi connectivity index (χ1n) is 5.89. The van der Waals surface area contributed by atoms with E-state index in [0.717, 1.165) is 6.33 Å². The molecule has 0 spiro atoms. The monoisotopic (exact) mass is 293 g/mol. The minimum absolute atomic E-state index is 0.110. The Morgan fingerprint density at radius 3 is 2.60 bits per heavy atom. The lowest BCUT2D eigenvalue weighted by Crippen LogP contribution is -2.40. The highest BCUT2D eigenvalue weighted by Gasteiger charge is 2.34. The molecule has 0 atom stereocenters. The highest BCUT2D eigenvalue weighted by molar-refractivity contribution is 6.02. The lowest BCUT2D eigenvalue weighted by molar-refractivity contribution is -0.140. The van der Waals surface area contributed by atoms with Crippen molar-refractivity contribution in [3.63, 3.8) is 0 Å². The van der Waals surface area contributed by atoms with Crippen molar-refractivity contribution >= 4 is 11.9 Å². The first-order chi connectivity index (χ1) is 9.26. The fourth-order valence-electron chi connectivity index (χ4n) is 1.59. The molecular formula is C11H14F3N3O3. The summed E-state index contributed by atoms with van der Waals surface area (Å²) in [6.07, 6.45) is -2.60. The minimum Gasteiger partial charge on any atom is -0.477 e. The first-order valence-corrected chi connectivity index (χ1v) is 5.89. The van der Waals surface area contributed by atoms with Crippen LogP contribution in [0.2, 0.25) is 0 Å². The van der Waals surface area contributed by atoms with Crippen LogP contribution in [0.1, 0.15) is 40.7 Å². The number of hydrogen-bond donors (Lipinski definition) is 2. The number of carboxylic acid groups (broad SMARTS) is 1. The molecule has 0 saturated heterocycles. The van der Waals surface area contributed by atoms with Crippen molar-refractivity contribution in [1.29, 1.82) is 0 Å². The number of aromatic carboxylic acids is 1. The second-order valence-electron chi connectivity index (χ2n) is 4.13. The first kappa shape index (κ1) is 16.0. The topological polar surface area (TPSA) is 86.3 Å². The number of unbranched alkanes of at least 4 members (excludes halogenated alkanes) is 1. The van der Waals surface area contributed by atoms with Gasteiger partial charge < -0.3 is 15.0 Å². The number of aromatic nitrogens is 2. The van der Waals surface area contributed by atoms with Gasteiger partial charge in [-0.15, -0.1) is 0 Å². The van der Waals surface area contributed by atoms with Gasteiger partial charge in [-0.1, -0.05) is 13.3 Å². The number of imidazole rings is 1. The van der Waals surface area contributed by atoms with Gasteiger partial charge in [0.05, 0.1) is 6.33 Å². The van der Waals surface area contributed by atoms with Crippen LogP contribution < -0.4 is 0 Å². The molecule has 1 rings (SSSR count). The highest BCUT2D eigenvalue weighted by Crippen LogP contribution is 2.19. The van der Waals surface area contributed by atoms with Crippen LogP contribution >= 0.6 is 0 Å². The molecule has 6 nitrogen and oxygen atoms in total. The van der Waals surface area contributed by atoms with E-state index in [1.54, 1.807) is 6.92 Å². The molecule has 1 amide bonds. The fraction of sp³-hybridized carbons (Fsp3) is 0.545. The zero-order valence-corrected chi connectivity index (χ0v) is 10.7. The lowest BCUT2D eigenvalue weighted by Gasteiger charge is -2.23. The van der Waals surface area contributed by atoms with Crippen LogP contribution in [0.4, 0.5) is 13.2 Å². The van der Waals surface area contributed by atoms with E-state index in [-0.39, 0.29) is 6.54 Å². The third-order valence-electron chi connectivity index (χ3n) is 2.49. The summed E-state index contributed by atoms with van der Waals surface area (Å²) in [4.78, 5) is 29.1. The summed E-state index contributed by atoms with van der Waals surface area (Å²) in [5.41, 5.74) is -1.03. The van der Waals surface area contributed by atoms with E-state index in [1.165, 1.54) is 0 Å². The van der Waals surface area contributed by atoms with Crippen LogP contribution in [0.5, 0.6) is 0 Å². The zero-order valence-electron chi connectivity index (χ0n) is 10.7. The number of rotatable bonds is 6. The number of H-pyrrole nitrogens is 1. The van der Waals surface area contributed by atoms with E-state index in [1.807, 2.05) is 0 Å². The van der Waals surface area contributed by atoms with Gasteiger partial charge in [0.25, 0.3) is 5.91 Å². The Bertz CT molecular complexity index is 485. The molecule has 0 fully saturated rings. The Morgan fingerprint density at radius 2 is 2.10 bits per heavy atom. The van der Waals surface area contributed by atoms with E-state index in [4.69, 9.17) is 5.11 Å². The molecule has 2 N–H and O–H groups in total. The minimum atomic E-state index is -4.55. The molecule has 0 bridgehead atoms. The number of carbonyl (C=O) groups excluding carboxylic acids is 1. The Morgan fingerprint density at radius 1 is 1.45 bits per heavy atom. The van der Waals surface area contributed by atoms with E-state index < -0.39 is 36.0 Å². The number of carbonyl (C=O) groups is 2. The second-order valence-corrected chi connectivity index (χ2v) is 4.13. The predicted molar refractivity (Wildman–Crippen MR) is 62.4 cm³/mol. The molecule has 9 heteroatoms. The van der Waals surface area contributed by atoms with Gasteiger partial charge in [-0.25, -0.2) is 9.78 Å². The Balaban J connectivity index is 2.97. The maximum atomic E-state index is 12.5. The van der Waals surface area contributed by atoms with Crippen molar-refractivity contribution in [2.75, 3.05) is 13.1 Å². The van der Waals surface area contributed by atoms with Gasteiger partial charge in [0.1, 0.15) is 6.54 Å². The van der Waals surface area contributed by atoms with Crippen molar-refractivity contribution in [2.24, 2.45) is 0 Å². The predicted octanol–water partition coefficient (Wildman–Crippen LogP) is 1.91. The Labute approximate surface area is 112 Å². The van der Waals surface area contributed by atoms with E-state index in [0.29, 0.717) is 17.7 Å². The molecule has 0 radical (unpaired) electrons. The average molecular weight is 293 g/mol. The van der Waals surface area contributed by atoms with E-state index in [9.17, 15) is 22.8 Å². The lowest BCUT2D eigenvalue weighted by atomic mass is 10.2. The van der Waals surface area contributed by atoms with Crippen LogP contribution in [0.25, 0.3) is 0 Å². The Hall–Kier alpha value is -2.06. The fourth-order valence-corrected chi connectivity index (χ4v) is 1.59. The molecule has 20 heavy (non-hydrogen) atoms. The summed E-state index contributed by atoms with van der Waals surface area (Å²) < 4.78 is 37.4. The van der Waals surface area contributed by atoms with Gasteiger partial charge in [-0.2, -0.15) is 13.2 Å². The number of carboxylic acids is 1. The summed E-state index contributed by atoms with van der Waals surface area (Å²) in [5, 5.41) is 8.83. The third-order valence-corrected chi connectivity index (χ3v) is 2.49. The molecule has 1 aromatic rings. The summed E-state index contributed by atoms with van der Waals surface area (Å²) >= 11 is 0. The van der Waals surface area contributed by atoms with Crippen LogP contribution in [0, 0.1) is 0 Å². The average Bonchev–Trinajstić information content (AvgIpc) is 2.81. The van der Waals surface area contributed by atoms with Crippen molar-refractivity contribution in [3.05, 3.63) is 17.7 Å². The van der Waals surface area contributed by atoms with Gasteiger partial charge in [-0.3, -0.25) is 4.79 Å². The molecule has 0 aliphatic heterocycles. The summed E-state index contributed by atoms with van der Waals surface area (Å²) in [6.45, 7) is 0.228. The maximum Gasteiger partial charge on any atom is 0.406 e. The number of amides is 1. The van der Waals surface area contributed by atoms with Crippen LogP contribution in [-0.2, 0) is 0 Å². The number of aromatic amines is 1. The molecule has 112 valence electrons. The Kier molecular flexibility index (Phi) is 5.12. The summed E-state index contributed by atoms with van der Waals surface area (Å²) in [5.74, 6) is -2.50. The van der Waals surface area contributed by atoms with Crippen molar-refractivity contribution < 1.29 is 27.9 Å². The van der Waals surface area contributed by atoms with Gasteiger partial charge in [0, 0.05) is 6.54 Å². The number of alkyl halides is 3. The molecule has 0 aliphatic rings. The van der Waals surface area contributed by atoms with Crippen molar-refractivity contribution in [3.8, 4) is 0 Å². The van der Waals surface area contributed by atoms with Gasteiger partial charge >= 0.3 is 12.1 Å². The van der Waals surface area contributed by atoms with Gasteiger partial charge in [0.15, 0.2) is 11.4 Å². The number of nitrogens with one attached hydrogen (secondary N) is 1. The quantitative estimate of drug-likeness (QED) is 0.839. The molecule has 0 aromatic carbocycles. The molecule has 0 aliphatic carbocycles. The standard InChI is InChI=1S/C11H14F3N3O3/c1-2-3-4-17(5-11(12,13)14)9(18)7-8(10(19)20)16-6-15-7/h6H,2-5H2,1H3,(H,15,16)(H,19,20). The zero-order chi connectivity index (χ0) is 15.3. The summed E-state index contributed by atoms with van der Waals surface area (Å²) in [7, 11) is 0. The van der Waals surface area contributed by atoms with Crippen LogP contribution in [0.15, 0.2) is 6.33 Å². The SMILES string of the molecule is CCCCN(CC(F)(F)F)C(=O)c1nc[nH]c1C(=O)O. The number of nitrogens with zero attached hydrogens (tertiary/aromatic N) is 2. The maximum absolute atomic E-state index is 12.5. The molecule has 0 unspecified atom stereocenters. The van der Waals surface area contributed by atoms with E-state index >= 15 is 0 Å². The second kappa shape index (κ2) is 6.40. The van der Waals surface area contributed by atoms with Gasteiger partial charge in [-0.05, 0) is 6.42 Å². The van der Waals surface area contributed by atoms with Gasteiger partial charge in [0.2, 0.25) is 0 Å². The summed E-state index contributed by atoms with van der Waals surface area (Å²) in [6, 6.07) is 0. The highest BCUT2D eigenvalue weighted by atomic mass is 19.4. The van der Waals surface area contributed by atoms with Crippen LogP contribution in [-0.4, -0.2) is 51.1 Å². The normalized spacial score (nSPS) is 11.4. The van der Waals surface area contributed by atoms with Crippen molar-refractivity contribution in [1.82, 2.24) is 14.9 Å². The van der Waals surface area contributed by atoms with E-state index in [2.05, 4.69) is 9.97 Å². The number of hydrogen-bond acceptors (Lipinski definition) is 3. The number of halogens is 3.